The summed E-state index contributed by atoms with van der Waals surface area (Å²) in [4.78, 5) is 72.4. The maximum Gasteiger partial charge on any atom is 0.472 e. The Morgan fingerprint density at radius 3 is 0.864 bits per heavy atom. The summed E-state index contributed by atoms with van der Waals surface area (Å²) >= 11 is 0. The van der Waals surface area contributed by atoms with Gasteiger partial charge in [0.2, 0.25) is 0 Å². The molecular weight excluding hydrogens is 1160 g/mol. The van der Waals surface area contributed by atoms with E-state index in [1.165, 1.54) is 167 Å². The third kappa shape index (κ3) is 61.6. The predicted molar refractivity (Wildman–Crippen MR) is 354 cm³/mol. The highest BCUT2D eigenvalue weighted by Crippen LogP contribution is 2.45. The van der Waals surface area contributed by atoms with Crippen LogP contribution in [-0.2, 0) is 65.4 Å². The number of rotatable bonds is 68. The molecule has 0 amide bonds. The van der Waals surface area contributed by atoms with Crippen LogP contribution in [0.2, 0.25) is 0 Å². The monoisotopic (exact) mass is 1300 g/mol. The Morgan fingerprint density at radius 2 is 0.580 bits per heavy atom. The van der Waals surface area contributed by atoms with E-state index in [4.69, 9.17) is 37.0 Å². The summed E-state index contributed by atoms with van der Waals surface area (Å²) in [6.07, 6.45) is 46.0. The molecule has 0 spiro atoms. The molecule has 0 saturated carbocycles. The van der Waals surface area contributed by atoms with Crippen molar-refractivity contribution in [1.29, 1.82) is 0 Å². The minimum Gasteiger partial charge on any atom is -0.462 e. The van der Waals surface area contributed by atoms with E-state index in [9.17, 15) is 43.2 Å². The number of esters is 4. The highest BCUT2D eigenvalue weighted by atomic mass is 31.2. The summed E-state index contributed by atoms with van der Waals surface area (Å²) in [6, 6.07) is 0. The molecule has 88 heavy (non-hydrogen) atoms. The molecule has 0 bridgehead atoms. The van der Waals surface area contributed by atoms with E-state index in [1.807, 2.05) is 0 Å². The lowest BCUT2D eigenvalue weighted by Gasteiger charge is -2.21. The van der Waals surface area contributed by atoms with E-state index in [0.717, 1.165) is 102 Å². The molecule has 0 aromatic carbocycles. The van der Waals surface area contributed by atoms with Gasteiger partial charge in [0, 0.05) is 25.7 Å². The Morgan fingerprint density at radius 1 is 0.330 bits per heavy atom. The van der Waals surface area contributed by atoms with Gasteiger partial charge in [0.25, 0.3) is 0 Å². The molecule has 0 aliphatic heterocycles. The fourth-order valence-corrected chi connectivity index (χ4v) is 12.0. The molecule has 6 atom stereocenters. The summed E-state index contributed by atoms with van der Waals surface area (Å²) < 4.78 is 68.2. The summed E-state index contributed by atoms with van der Waals surface area (Å²) in [7, 11) is -9.89. The van der Waals surface area contributed by atoms with Gasteiger partial charge in [0.05, 0.1) is 26.4 Å². The van der Waals surface area contributed by atoms with Gasteiger partial charge in [0.1, 0.15) is 19.3 Å². The van der Waals surface area contributed by atoms with Crippen LogP contribution in [0, 0.1) is 11.8 Å². The lowest BCUT2D eigenvalue weighted by Crippen LogP contribution is -2.30. The lowest BCUT2D eigenvalue weighted by molar-refractivity contribution is -0.161. The third-order valence-corrected chi connectivity index (χ3v) is 18.2. The highest BCUT2D eigenvalue weighted by Gasteiger charge is 2.30. The van der Waals surface area contributed by atoms with Crippen molar-refractivity contribution in [2.45, 2.75) is 368 Å². The molecule has 0 aromatic heterocycles. The van der Waals surface area contributed by atoms with Crippen LogP contribution in [0.5, 0.6) is 0 Å². The first-order chi connectivity index (χ1) is 42.4. The standard InChI is InChI=1S/C69H134O17P2/c1-7-10-12-14-16-18-19-20-21-22-23-24-25-26-28-34-41-47-53-68(73)85-64(57-80-67(72)52-46-40-33-30-29-31-37-43-49-61(4)5)59-83-87(75,76)81-55-63(70)56-82-88(77,78)84-60-65(58-79-66(71)51-45-39-32-27-17-15-13-11-8-2)86-69(74)54-48-42-36-35-38-44-50-62(6)9-3/h61-65,70H,7-60H2,1-6H3,(H,75,76)(H,77,78)/t62?,63-,64-,65-/m1/s1. The molecule has 0 radical (unpaired) electrons. The molecule has 0 fully saturated rings. The first kappa shape index (κ1) is 86.1. The zero-order valence-electron chi connectivity index (χ0n) is 57.0. The van der Waals surface area contributed by atoms with Crippen molar-refractivity contribution in [2.75, 3.05) is 39.6 Å². The van der Waals surface area contributed by atoms with Crippen molar-refractivity contribution >= 4 is 39.5 Å². The number of hydrogen-bond acceptors (Lipinski definition) is 15. The normalized spacial score (nSPS) is 14.5. The second-order valence-corrected chi connectivity index (χ2v) is 28.5. The molecular formula is C69H134O17P2. The van der Waals surface area contributed by atoms with Crippen LogP contribution >= 0.6 is 15.6 Å². The Labute approximate surface area is 537 Å². The second-order valence-electron chi connectivity index (χ2n) is 25.6. The lowest BCUT2D eigenvalue weighted by atomic mass is 10.00. The van der Waals surface area contributed by atoms with Crippen molar-refractivity contribution in [3.63, 3.8) is 0 Å². The number of aliphatic hydroxyl groups is 1. The van der Waals surface area contributed by atoms with Crippen LogP contribution < -0.4 is 0 Å². The molecule has 0 aromatic rings. The number of ether oxygens (including phenoxy) is 4. The molecule has 17 nitrogen and oxygen atoms in total. The molecule has 522 valence electrons. The third-order valence-electron chi connectivity index (χ3n) is 16.3. The first-order valence-electron chi connectivity index (χ1n) is 36.0. The van der Waals surface area contributed by atoms with Crippen LogP contribution in [0.3, 0.4) is 0 Å². The molecule has 19 heteroatoms. The first-order valence-corrected chi connectivity index (χ1v) is 39.0. The van der Waals surface area contributed by atoms with Crippen LogP contribution in [-0.4, -0.2) is 96.7 Å². The fourth-order valence-electron chi connectivity index (χ4n) is 10.4. The van der Waals surface area contributed by atoms with Crippen molar-refractivity contribution < 1.29 is 80.2 Å². The Kier molecular flexibility index (Phi) is 59.9. The quantitative estimate of drug-likeness (QED) is 0.0222. The van der Waals surface area contributed by atoms with Gasteiger partial charge in [-0.3, -0.25) is 37.3 Å². The summed E-state index contributed by atoms with van der Waals surface area (Å²) in [5, 5.41) is 10.6. The van der Waals surface area contributed by atoms with Gasteiger partial charge in [0.15, 0.2) is 12.2 Å². The minimum absolute atomic E-state index is 0.103. The molecule has 0 heterocycles. The maximum absolute atomic E-state index is 13.0. The van der Waals surface area contributed by atoms with Crippen LogP contribution in [0.1, 0.15) is 350 Å². The summed E-state index contributed by atoms with van der Waals surface area (Å²) in [5.41, 5.74) is 0. The van der Waals surface area contributed by atoms with E-state index < -0.39 is 97.5 Å². The largest absolute Gasteiger partial charge is 0.472 e. The molecule has 0 aliphatic rings. The molecule has 3 N–H and O–H groups in total. The Bertz CT molecular complexity index is 1720. The molecule has 0 rings (SSSR count). The van der Waals surface area contributed by atoms with Gasteiger partial charge in [-0.1, -0.05) is 298 Å². The van der Waals surface area contributed by atoms with Gasteiger partial charge in [-0.25, -0.2) is 9.13 Å². The van der Waals surface area contributed by atoms with E-state index in [-0.39, 0.29) is 25.7 Å². The van der Waals surface area contributed by atoms with Crippen LogP contribution in [0.25, 0.3) is 0 Å². The van der Waals surface area contributed by atoms with E-state index in [0.29, 0.717) is 25.7 Å². The van der Waals surface area contributed by atoms with E-state index >= 15 is 0 Å². The number of unbranched alkanes of at least 4 members (excludes halogenated alkanes) is 37. The van der Waals surface area contributed by atoms with E-state index in [1.54, 1.807) is 0 Å². The van der Waals surface area contributed by atoms with Crippen LogP contribution in [0.4, 0.5) is 0 Å². The number of carbonyl (C=O) groups excluding carboxylic acids is 4. The van der Waals surface area contributed by atoms with Gasteiger partial charge in [-0.2, -0.15) is 0 Å². The average Bonchev–Trinajstić information content (AvgIpc) is 3.53. The van der Waals surface area contributed by atoms with Crippen LogP contribution in [0.15, 0.2) is 0 Å². The Balaban J connectivity index is 5.20. The molecule has 0 saturated heterocycles. The number of carbonyl (C=O) groups is 4. The number of hydrogen-bond donors (Lipinski definition) is 3. The van der Waals surface area contributed by atoms with Crippen molar-refractivity contribution in [1.82, 2.24) is 0 Å². The van der Waals surface area contributed by atoms with Gasteiger partial charge in [-0.05, 0) is 37.5 Å². The highest BCUT2D eigenvalue weighted by molar-refractivity contribution is 7.47. The number of aliphatic hydroxyl groups excluding tert-OH is 1. The van der Waals surface area contributed by atoms with Crippen molar-refractivity contribution in [3.8, 4) is 0 Å². The molecule has 0 aliphatic carbocycles. The summed E-state index contributed by atoms with van der Waals surface area (Å²) in [5.74, 6) is -0.684. The van der Waals surface area contributed by atoms with Gasteiger partial charge >= 0.3 is 39.5 Å². The second kappa shape index (κ2) is 61.3. The van der Waals surface area contributed by atoms with Crippen molar-refractivity contribution in [2.24, 2.45) is 11.8 Å². The van der Waals surface area contributed by atoms with Gasteiger partial charge < -0.3 is 33.8 Å². The SMILES string of the molecule is CCCCCCCCCCCCCCCCCCCCC(=O)O[C@H](COC(=O)CCCCCCCCCCC(C)C)COP(=O)(O)OC[C@@H](O)COP(=O)(O)OC[C@@H](COC(=O)CCCCCCCCCCC)OC(=O)CCCCCCCCC(C)CC. The van der Waals surface area contributed by atoms with Crippen molar-refractivity contribution in [3.05, 3.63) is 0 Å². The fraction of sp³-hybridized carbons (Fsp3) is 0.942. The predicted octanol–water partition coefficient (Wildman–Crippen LogP) is 19.6. The van der Waals surface area contributed by atoms with Gasteiger partial charge in [-0.15, -0.1) is 0 Å². The topological polar surface area (TPSA) is 237 Å². The minimum atomic E-state index is -4.95. The zero-order chi connectivity index (χ0) is 65.0. The zero-order valence-corrected chi connectivity index (χ0v) is 58.8. The smallest absolute Gasteiger partial charge is 0.462 e. The molecule has 3 unspecified atom stereocenters. The Hall–Kier alpha value is -1.94. The average molecular weight is 1300 g/mol. The maximum atomic E-state index is 13.0. The number of phosphoric acid groups is 2. The summed E-state index contributed by atoms with van der Waals surface area (Å²) in [6.45, 7) is 9.44. The van der Waals surface area contributed by atoms with E-state index in [2.05, 4.69) is 41.5 Å². The number of phosphoric ester groups is 2.